The molecular formula is C8H18N2O4S. The van der Waals surface area contributed by atoms with Gasteiger partial charge < -0.3 is 4.74 Å². The van der Waals surface area contributed by atoms with Gasteiger partial charge in [-0.2, -0.15) is 12.7 Å². The van der Waals surface area contributed by atoms with E-state index in [0.29, 0.717) is 19.7 Å². The molecule has 0 amide bonds. The number of nitrogens with one attached hydrogen (secondary N) is 1. The zero-order valence-corrected chi connectivity index (χ0v) is 10.1. The quantitative estimate of drug-likeness (QED) is 0.693. The smallest absolute Gasteiger partial charge is 0.301 e. The Morgan fingerprint density at radius 1 is 1.40 bits per heavy atom. The van der Waals surface area contributed by atoms with Crippen LogP contribution in [0.2, 0.25) is 0 Å². The van der Waals surface area contributed by atoms with E-state index in [0.717, 1.165) is 0 Å². The van der Waals surface area contributed by atoms with E-state index in [4.69, 9.17) is 9.57 Å². The van der Waals surface area contributed by atoms with E-state index in [1.165, 1.54) is 4.31 Å². The molecule has 1 fully saturated rings. The molecule has 0 bridgehead atoms. The highest BCUT2D eigenvalue weighted by Crippen LogP contribution is 2.13. The lowest BCUT2D eigenvalue weighted by Gasteiger charge is -2.33. The molecule has 0 aliphatic carbocycles. The van der Waals surface area contributed by atoms with Crippen LogP contribution in [0.4, 0.5) is 0 Å². The number of ether oxygens (including phenoxy) is 1. The summed E-state index contributed by atoms with van der Waals surface area (Å²) in [5.41, 5.74) is 0. The molecule has 0 saturated carbocycles. The van der Waals surface area contributed by atoms with Gasteiger partial charge in [-0.3, -0.25) is 4.84 Å². The molecule has 2 unspecified atom stereocenters. The SMILES string of the molecule is CCONS(=O)(=O)N1CC(C)OC(C)C1. The van der Waals surface area contributed by atoms with Gasteiger partial charge in [-0.15, -0.1) is 0 Å². The van der Waals surface area contributed by atoms with Gasteiger partial charge >= 0.3 is 10.2 Å². The van der Waals surface area contributed by atoms with Crippen molar-refractivity contribution in [2.24, 2.45) is 0 Å². The molecule has 0 aromatic heterocycles. The third-order valence-corrected chi connectivity index (χ3v) is 3.34. The van der Waals surface area contributed by atoms with Gasteiger partial charge in [-0.1, -0.05) is 4.89 Å². The standard InChI is InChI=1S/C8H18N2O4S/c1-4-13-9-15(11,12)10-5-7(2)14-8(3)6-10/h7-9H,4-6H2,1-3H3. The maximum Gasteiger partial charge on any atom is 0.301 e. The maximum atomic E-state index is 11.7. The molecule has 1 saturated heterocycles. The molecule has 2 atom stereocenters. The number of hydrogen-bond acceptors (Lipinski definition) is 4. The molecule has 7 heteroatoms. The number of hydrogen-bond donors (Lipinski definition) is 1. The van der Waals surface area contributed by atoms with Gasteiger partial charge in [0.2, 0.25) is 0 Å². The van der Waals surface area contributed by atoms with Crippen LogP contribution in [-0.2, 0) is 19.8 Å². The van der Waals surface area contributed by atoms with Crippen molar-refractivity contribution in [3.05, 3.63) is 0 Å². The molecule has 1 aliphatic heterocycles. The van der Waals surface area contributed by atoms with Crippen molar-refractivity contribution in [3.63, 3.8) is 0 Å². The molecule has 15 heavy (non-hydrogen) atoms. The van der Waals surface area contributed by atoms with Crippen molar-refractivity contribution in [1.29, 1.82) is 0 Å². The highest BCUT2D eigenvalue weighted by molar-refractivity contribution is 7.87. The van der Waals surface area contributed by atoms with E-state index in [2.05, 4.69) is 4.89 Å². The van der Waals surface area contributed by atoms with Crippen LogP contribution >= 0.6 is 0 Å². The highest BCUT2D eigenvalue weighted by atomic mass is 32.2. The molecule has 1 heterocycles. The van der Waals surface area contributed by atoms with Crippen LogP contribution in [0.5, 0.6) is 0 Å². The first-order valence-corrected chi connectivity index (χ1v) is 6.44. The normalized spacial score (nSPS) is 29.3. The first-order valence-electron chi connectivity index (χ1n) is 4.99. The van der Waals surface area contributed by atoms with E-state index in [-0.39, 0.29) is 12.2 Å². The van der Waals surface area contributed by atoms with Crippen molar-refractivity contribution in [1.82, 2.24) is 9.19 Å². The second-order valence-electron chi connectivity index (χ2n) is 3.60. The van der Waals surface area contributed by atoms with E-state index < -0.39 is 10.2 Å². The van der Waals surface area contributed by atoms with E-state index >= 15 is 0 Å². The summed E-state index contributed by atoms with van der Waals surface area (Å²) in [5, 5.41) is 0. The van der Waals surface area contributed by atoms with E-state index in [1.54, 1.807) is 6.92 Å². The summed E-state index contributed by atoms with van der Waals surface area (Å²) >= 11 is 0. The minimum atomic E-state index is -3.53. The molecule has 0 spiro atoms. The number of morpholine rings is 1. The lowest BCUT2D eigenvalue weighted by atomic mass is 10.3. The summed E-state index contributed by atoms with van der Waals surface area (Å²) in [6.45, 7) is 6.42. The predicted molar refractivity (Wildman–Crippen MR) is 55.3 cm³/mol. The van der Waals surface area contributed by atoms with Crippen LogP contribution in [0.1, 0.15) is 20.8 Å². The third-order valence-electron chi connectivity index (χ3n) is 2.03. The van der Waals surface area contributed by atoms with Crippen LogP contribution in [0.3, 0.4) is 0 Å². The van der Waals surface area contributed by atoms with Crippen LogP contribution in [0.25, 0.3) is 0 Å². The minimum absolute atomic E-state index is 0.0908. The lowest BCUT2D eigenvalue weighted by Crippen LogP contribution is -2.51. The zero-order valence-electron chi connectivity index (χ0n) is 9.26. The maximum absolute atomic E-state index is 11.7. The van der Waals surface area contributed by atoms with Crippen LogP contribution in [0.15, 0.2) is 0 Å². The highest BCUT2D eigenvalue weighted by Gasteiger charge is 2.30. The average molecular weight is 238 g/mol. The Morgan fingerprint density at radius 3 is 2.40 bits per heavy atom. The van der Waals surface area contributed by atoms with Crippen molar-refractivity contribution >= 4 is 10.2 Å². The Labute approximate surface area is 90.7 Å². The fraction of sp³-hybridized carbons (Fsp3) is 1.00. The molecule has 6 nitrogen and oxygen atoms in total. The monoisotopic (exact) mass is 238 g/mol. The van der Waals surface area contributed by atoms with E-state index in [1.807, 2.05) is 13.8 Å². The fourth-order valence-corrected chi connectivity index (χ4v) is 2.70. The number of nitrogens with zero attached hydrogens (tertiary/aromatic N) is 1. The van der Waals surface area contributed by atoms with Crippen molar-refractivity contribution in [2.75, 3.05) is 19.7 Å². The summed E-state index contributed by atoms with van der Waals surface area (Å²) in [6.07, 6.45) is -0.182. The summed E-state index contributed by atoms with van der Waals surface area (Å²) in [6, 6.07) is 0. The summed E-state index contributed by atoms with van der Waals surface area (Å²) in [4.78, 5) is 6.76. The summed E-state index contributed by atoms with van der Waals surface area (Å²) in [5.74, 6) is 0. The Morgan fingerprint density at radius 2 is 1.93 bits per heavy atom. The third kappa shape index (κ3) is 3.69. The first kappa shape index (κ1) is 12.9. The van der Waals surface area contributed by atoms with Gasteiger partial charge in [0, 0.05) is 13.1 Å². The van der Waals surface area contributed by atoms with Crippen LogP contribution in [-0.4, -0.2) is 44.6 Å². The second kappa shape index (κ2) is 5.22. The predicted octanol–water partition coefficient (Wildman–Crippen LogP) is -0.118. The molecule has 0 aromatic rings. The Balaban J connectivity index is 2.61. The van der Waals surface area contributed by atoms with Gasteiger partial charge in [-0.05, 0) is 20.8 Å². The first-order chi connectivity index (χ1) is 6.95. The molecule has 1 N–H and O–H groups in total. The van der Waals surface area contributed by atoms with Gasteiger partial charge in [0.05, 0.1) is 18.8 Å². The van der Waals surface area contributed by atoms with Gasteiger partial charge in [0.1, 0.15) is 0 Å². The Kier molecular flexibility index (Phi) is 4.47. The summed E-state index contributed by atoms with van der Waals surface area (Å²) < 4.78 is 30.1. The second-order valence-corrected chi connectivity index (χ2v) is 5.23. The molecular weight excluding hydrogens is 220 g/mol. The molecule has 90 valence electrons. The Bertz CT molecular complexity index is 283. The van der Waals surface area contributed by atoms with Gasteiger partial charge in [-0.25, -0.2) is 0 Å². The molecule has 1 rings (SSSR count). The fourth-order valence-electron chi connectivity index (χ4n) is 1.51. The topological polar surface area (TPSA) is 67.9 Å². The zero-order chi connectivity index (χ0) is 11.5. The van der Waals surface area contributed by atoms with E-state index in [9.17, 15) is 8.42 Å². The average Bonchev–Trinajstić information content (AvgIpc) is 2.13. The van der Waals surface area contributed by atoms with Crippen LogP contribution < -0.4 is 4.89 Å². The molecule has 1 aliphatic rings. The van der Waals surface area contributed by atoms with Gasteiger partial charge in [0.15, 0.2) is 0 Å². The lowest BCUT2D eigenvalue weighted by molar-refractivity contribution is -0.0461. The number of rotatable bonds is 4. The van der Waals surface area contributed by atoms with Gasteiger partial charge in [0.25, 0.3) is 0 Å². The largest absolute Gasteiger partial charge is 0.373 e. The minimum Gasteiger partial charge on any atom is -0.373 e. The van der Waals surface area contributed by atoms with Crippen molar-refractivity contribution in [3.8, 4) is 0 Å². The molecule has 0 radical (unpaired) electrons. The van der Waals surface area contributed by atoms with Crippen molar-refractivity contribution in [2.45, 2.75) is 33.0 Å². The molecule has 0 aromatic carbocycles. The Hall–Kier alpha value is -0.210. The van der Waals surface area contributed by atoms with Crippen molar-refractivity contribution < 1.29 is 18.0 Å². The van der Waals surface area contributed by atoms with Crippen LogP contribution in [0, 0.1) is 0 Å². The summed E-state index contributed by atoms with van der Waals surface area (Å²) in [7, 11) is -3.53.